The maximum absolute atomic E-state index is 12.8. The molecule has 2 aromatic rings. The highest BCUT2D eigenvalue weighted by Gasteiger charge is 2.35. The van der Waals surface area contributed by atoms with Crippen molar-refractivity contribution in [1.82, 2.24) is 28.8 Å². The summed E-state index contributed by atoms with van der Waals surface area (Å²) in [5.41, 5.74) is -0.0571. The zero-order chi connectivity index (χ0) is 20.6. The van der Waals surface area contributed by atoms with E-state index in [1.165, 1.54) is 31.0 Å². The number of amides is 1. The number of rotatable bonds is 5. The van der Waals surface area contributed by atoms with E-state index in [2.05, 4.69) is 10.2 Å². The third-order valence-electron chi connectivity index (χ3n) is 4.80. The molecule has 0 aliphatic carbocycles. The van der Waals surface area contributed by atoms with Crippen LogP contribution in [0.15, 0.2) is 17.3 Å². The molecule has 0 radical (unpaired) electrons. The second-order valence-electron chi connectivity index (χ2n) is 6.39. The summed E-state index contributed by atoms with van der Waals surface area (Å²) in [5, 5.41) is 19.2. The van der Waals surface area contributed by atoms with Gasteiger partial charge in [-0.05, 0) is 13.8 Å². The van der Waals surface area contributed by atoms with Crippen molar-refractivity contribution < 1.29 is 18.1 Å². The van der Waals surface area contributed by atoms with Crippen molar-refractivity contribution in [1.29, 1.82) is 0 Å². The molecule has 1 fully saturated rings. The molecule has 2 aromatic heterocycles. The fraction of sp³-hybridized carbons (Fsp3) is 0.533. The van der Waals surface area contributed by atoms with E-state index in [1.54, 1.807) is 20.9 Å². The van der Waals surface area contributed by atoms with E-state index in [4.69, 9.17) is 0 Å². The number of nitrogens with zero attached hydrogens (tertiary/aromatic N) is 7. The smallest absolute Gasteiger partial charge is 0.320 e. The second-order valence-corrected chi connectivity index (χ2v) is 8.30. The summed E-state index contributed by atoms with van der Waals surface area (Å²) in [6.45, 7) is 4.24. The molecule has 12 nitrogen and oxygen atoms in total. The molecule has 152 valence electrons. The van der Waals surface area contributed by atoms with Gasteiger partial charge < -0.3 is 4.90 Å². The van der Waals surface area contributed by atoms with Crippen LogP contribution in [0.5, 0.6) is 0 Å². The molecular weight excluding hydrogens is 390 g/mol. The van der Waals surface area contributed by atoms with Crippen molar-refractivity contribution in [2.24, 2.45) is 7.05 Å². The molecule has 0 unspecified atom stereocenters. The molecule has 0 aromatic carbocycles. The maximum Gasteiger partial charge on any atom is 0.320 e. The third-order valence-corrected chi connectivity index (χ3v) is 6.80. The summed E-state index contributed by atoms with van der Waals surface area (Å²) in [6.07, 6.45) is 2.53. The molecule has 28 heavy (non-hydrogen) atoms. The molecule has 3 heterocycles. The van der Waals surface area contributed by atoms with Crippen LogP contribution in [0.1, 0.15) is 23.1 Å². The van der Waals surface area contributed by atoms with Gasteiger partial charge in [0.05, 0.1) is 16.8 Å². The van der Waals surface area contributed by atoms with Crippen LogP contribution in [0.4, 0.5) is 5.69 Å². The highest BCUT2D eigenvalue weighted by molar-refractivity contribution is 7.89. The number of aromatic nitrogens is 4. The fourth-order valence-corrected chi connectivity index (χ4v) is 4.62. The molecule has 0 saturated carbocycles. The van der Waals surface area contributed by atoms with Gasteiger partial charge in [-0.25, -0.2) is 8.42 Å². The fourth-order valence-electron chi connectivity index (χ4n) is 3.01. The molecule has 0 bridgehead atoms. The van der Waals surface area contributed by atoms with Crippen molar-refractivity contribution >= 4 is 21.6 Å². The van der Waals surface area contributed by atoms with Crippen molar-refractivity contribution in [3.63, 3.8) is 0 Å². The minimum Gasteiger partial charge on any atom is -0.334 e. The number of piperazine rings is 1. The third kappa shape index (κ3) is 3.38. The molecule has 1 aliphatic heterocycles. The average molecular weight is 411 g/mol. The second kappa shape index (κ2) is 7.31. The van der Waals surface area contributed by atoms with Crippen LogP contribution in [0.3, 0.4) is 0 Å². The zero-order valence-electron chi connectivity index (χ0n) is 15.8. The Labute approximate surface area is 161 Å². The van der Waals surface area contributed by atoms with Gasteiger partial charge in [0.2, 0.25) is 15.7 Å². The van der Waals surface area contributed by atoms with Gasteiger partial charge in [0.15, 0.2) is 0 Å². The van der Waals surface area contributed by atoms with Gasteiger partial charge >= 0.3 is 5.69 Å². The van der Waals surface area contributed by atoms with E-state index in [0.29, 0.717) is 12.2 Å². The van der Waals surface area contributed by atoms with Crippen LogP contribution >= 0.6 is 0 Å². The predicted octanol–water partition coefficient (Wildman–Crippen LogP) is -0.000180. The lowest BCUT2D eigenvalue weighted by Gasteiger charge is -2.33. The van der Waals surface area contributed by atoms with Crippen molar-refractivity contribution in [3.05, 3.63) is 33.9 Å². The Hall–Kier alpha value is -2.80. The number of hydrogen-bond acceptors (Lipinski definition) is 7. The summed E-state index contributed by atoms with van der Waals surface area (Å²) < 4.78 is 29.7. The lowest BCUT2D eigenvalue weighted by atomic mass is 10.3. The van der Waals surface area contributed by atoms with Gasteiger partial charge in [0.1, 0.15) is 11.1 Å². The molecule has 1 aliphatic rings. The van der Waals surface area contributed by atoms with E-state index in [-0.39, 0.29) is 42.5 Å². The summed E-state index contributed by atoms with van der Waals surface area (Å²) in [6, 6.07) is 0. The lowest BCUT2D eigenvalue weighted by Crippen LogP contribution is -2.50. The average Bonchev–Trinajstić information content (AvgIpc) is 3.25. The Morgan fingerprint density at radius 1 is 1.29 bits per heavy atom. The zero-order valence-corrected chi connectivity index (χ0v) is 16.6. The van der Waals surface area contributed by atoms with E-state index >= 15 is 0 Å². The standard InChI is InChI=1S/C15H21N7O5S/c1-4-20-10-12(22(24)25)14(17-20)15(23)19-5-7-21(8-6-19)28(26,27)13-9-16-18(3)11(13)2/h9-10H,4-8H2,1-3H3. The largest absolute Gasteiger partial charge is 0.334 e. The molecule has 1 amide bonds. The van der Waals surface area contributed by atoms with Crippen LogP contribution in [0.2, 0.25) is 0 Å². The first-order valence-electron chi connectivity index (χ1n) is 8.66. The number of carbonyl (C=O) groups excluding carboxylic acids is 1. The van der Waals surface area contributed by atoms with Crippen molar-refractivity contribution in [2.45, 2.75) is 25.3 Å². The number of hydrogen-bond donors (Lipinski definition) is 0. The Balaban J connectivity index is 1.75. The summed E-state index contributed by atoms with van der Waals surface area (Å²) in [5.74, 6) is -0.575. The van der Waals surface area contributed by atoms with E-state index in [0.717, 1.165) is 0 Å². The van der Waals surface area contributed by atoms with Gasteiger partial charge in [-0.2, -0.15) is 14.5 Å². The monoisotopic (exact) mass is 411 g/mol. The molecular formula is C15H21N7O5S. The minimum absolute atomic E-state index is 0.0880. The molecule has 0 N–H and O–H groups in total. The highest BCUT2D eigenvalue weighted by Crippen LogP contribution is 2.23. The minimum atomic E-state index is -3.72. The Morgan fingerprint density at radius 3 is 2.43 bits per heavy atom. The number of carbonyl (C=O) groups is 1. The topological polar surface area (TPSA) is 136 Å². The predicted molar refractivity (Wildman–Crippen MR) is 97.2 cm³/mol. The number of aryl methyl sites for hydroxylation is 2. The van der Waals surface area contributed by atoms with E-state index in [1.807, 2.05) is 0 Å². The van der Waals surface area contributed by atoms with E-state index < -0.39 is 20.9 Å². The van der Waals surface area contributed by atoms with Crippen LogP contribution in [0, 0.1) is 17.0 Å². The maximum atomic E-state index is 12.8. The molecule has 0 spiro atoms. The first kappa shape index (κ1) is 19.9. The van der Waals surface area contributed by atoms with Gasteiger partial charge in [-0.3, -0.25) is 24.3 Å². The summed E-state index contributed by atoms with van der Waals surface area (Å²) in [4.78, 5) is 24.8. The number of nitro groups is 1. The lowest BCUT2D eigenvalue weighted by molar-refractivity contribution is -0.385. The van der Waals surface area contributed by atoms with Crippen LogP contribution in [-0.4, -0.2) is 74.2 Å². The van der Waals surface area contributed by atoms with Gasteiger partial charge in [0, 0.05) is 39.8 Å². The Kier molecular flexibility index (Phi) is 5.21. The van der Waals surface area contributed by atoms with Crippen molar-refractivity contribution in [3.8, 4) is 0 Å². The van der Waals surface area contributed by atoms with Gasteiger partial charge in [-0.1, -0.05) is 0 Å². The van der Waals surface area contributed by atoms with E-state index in [9.17, 15) is 23.3 Å². The summed E-state index contributed by atoms with van der Waals surface area (Å²) >= 11 is 0. The molecule has 3 rings (SSSR count). The van der Waals surface area contributed by atoms with Gasteiger partial charge in [0.25, 0.3) is 5.91 Å². The first-order valence-corrected chi connectivity index (χ1v) is 10.1. The van der Waals surface area contributed by atoms with Crippen LogP contribution in [-0.2, 0) is 23.6 Å². The van der Waals surface area contributed by atoms with Crippen molar-refractivity contribution in [2.75, 3.05) is 26.2 Å². The van der Waals surface area contributed by atoms with Crippen LogP contribution in [0.25, 0.3) is 0 Å². The summed E-state index contributed by atoms with van der Waals surface area (Å²) in [7, 11) is -2.06. The molecule has 1 saturated heterocycles. The van der Waals surface area contributed by atoms with Crippen LogP contribution < -0.4 is 0 Å². The SMILES string of the molecule is CCn1cc([N+](=O)[O-])c(C(=O)N2CCN(S(=O)(=O)c3cnn(C)c3C)CC2)n1. The number of sulfonamides is 1. The van der Waals surface area contributed by atoms with Gasteiger partial charge in [-0.15, -0.1) is 0 Å². The first-order chi connectivity index (χ1) is 13.2. The highest BCUT2D eigenvalue weighted by atomic mass is 32.2. The quantitative estimate of drug-likeness (QED) is 0.499. The Bertz CT molecular complexity index is 1020. The normalized spacial score (nSPS) is 15.8. The molecule has 0 atom stereocenters. The molecule has 13 heteroatoms. The Morgan fingerprint density at radius 2 is 1.93 bits per heavy atom.